The largest absolute Gasteiger partial charge is 0.480 e. The van der Waals surface area contributed by atoms with Crippen molar-refractivity contribution in [2.45, 2.75) is 37.6 Å². The Balaban J connectivity index is 4.56. The second kappa shape index (κ2) is 11.5. The lowest BCUT2D eigenvalue weighted by Crippen LogP contribution is -2.55. The van der Waals surface area contributed by atoms with E-state index in [1.165, 1.54) is 0 Å². The third kappa shape index (κ3) is 10.5. The third-order valence-corrected chi connectivity index (χ3v) is 3.28. The molecular weight excluding hydrogens is 336 g/mol. The van der Waals surface area contributed by atoms with Crippen molar-refractivity contribution < 1.29 is 29.7 Å². The quantitative estimate of drug-likeness (QED) is 0.159. The van der Waals surface area contributed by atoms with E-state index in [-0.39, 0.29) is 13.0 Å². The molecule has 12 nitrogen and oxygen atoms in total. The maximum atomic E-state index is 11.8. The van der Waals surface area contributed by atoms with Crippen LogP contribution in [0.15, 0.2) is 0 Å². The zero-order chi connectivity index (χ0) is 19.6. The van der Waals surface area contributed by atoms with Gasteiger partial charge in [0, 0.05) is 32.6 Å². The number of hydrogen-bond donors (Lipinski definition) is 8. The van der Waals surface area contributed by atoms with E-state index in [1.807, 2.05) is 0 Å². The van der Waals surface area contributed by atoms with Crippen LogP contribution in [0.25, 0.3) is 0 Å². The van der Waals surface area contributed by atoms with Crippen LogP contribution in [0.2, 0.25) is 0 Å². The Morgan fingerprint density at radius 3 is 2.28 bits per heavy atom. The number of carbonyl (C=O) groups is 3. The fourth-order valence-electron chi connectivity index (χ4n) is 1.79. The molecule has 25 heavy (non-hydrogen) atoms. The van der Waals surface area contributed by atoms with Gasteiger partial charge in [-0.15, -0.1) is 0 Å². The monoisotopic (exact) mass is 364 g/mol. The number of urea groups is 1. The summed E-state index contributed by atoms with van der Waals surface area (Å²) < 4.78 is 0. The third-order valence-electron chi connectivity index (χ3n) is 3.28. The molecule has 0 aliphatic carbocycles. The van der Waals surface area contributed by atoms with Gasteiger partial charge in [-0.1, -0.05) is 0 Å². The average Bonchev–Trinajstić information content (AvgIpc) is 2.49. The number of amides is 3. The summed E-state index contributed by atoms with van der Waals surface area (Å²) >= 11 is 0. The summed E-state index contributed by atoms with van der Waals surface area (Å²) in [5.74, 6) is -2.05. The lowest BCUT2D eigenvalue weighted by Gasteiger charge is -2.26. The standard InChI is InChI=1S/C13H28N6O6/c1-7(21)9(14)5-19(2)16-4-8(3-11(15)22)17-13(25)18-10(6-20)12(23)24/h7-10,16,20-21H,3-6,14H2,1-2H3,(H2,15,22)(H,23,24)(H2,17,18,25)/t7?,8?,9-,10+/m1/s1. The number of nitrogens with two attached hydrogens (primary N) is 2. The van der Waals surface area contributed by atoms with Gasteiger partial charge in [0.1, 0.15) is 0 Å². The second-order valence-electron chi connectivity index (χ2n) is 5.71. The lowest BCUT2D eigenvalue weighted by atomic mass is 10.2. The first-order valence-corrected chi connectivity index (χ1v) is 7.64. The summed E-state index contributed by atoms with van der Waals surface area (Å²) in [5, 5.41) is 33.1. The van der Waals surface area contributed by atoms with Crippen LogP contribution in [-0.2, 0) is 9.59 Å². The zero-order valence-corrected chi connectivity index (χ0v) is 14.3. The Kier molecular flexibility index (Phi) is 10.6. The minimum atomic E-state index is -1.46. The Morgan fingerprint density at radius 2 is 1.84 bits per heavy atom. The van der Waals surface area contributed by atoms with Gasteiger partial charge in [0.15, 0.2) is 6.04 Å². The second-order valence-corrected chi connectivity index (χ2v) is 5.71. The van der Waals surface area contributed by atoms with Crippen molar-refractivity contribution in [2.24, 2.45) is 11.5 Å². The SMILES string of the molecule is CC(O)[C@H](N)CN(C)NCC(CC(N)=O)NC(=O)N[C@@H](CO)C(=O)O. The van der Waals surface area contributed by atoms with E-state index in [4.69, 9.17) is 21.7 Å². The topological polar surface area (TPSA) is 203 Å². The molecule has 0 heterocycles. The van der Waals surface area contributed by atoms with Crippen molar-refractivity contribution in [1.82, 2.24) is 21.1 Å². The molecule has 0 radical (unpaired) electrons. The fourth-order valence-corrected chi connectivity index (χ4v) is 1.79. The highest BCUT2D eigenvalue weighted by Gasteiger charge is 2.22. The molecule has 0 saturated carbocycles. The molecule has 0 rings (SSSR count). The molecule has 0 aromatic carbocycles. The van der Waals surface area contributed by atoms with Gasteiger partial charge in [0.2, 0.25) is 5.91 Å². The first kappa shape index (κ1) is 23.0. The molecule has 146 valence electrons. The van der Waals surface area contributed by atoms with Crippen molar-refractivity contribution in [3.8, 4) is 0 Å². The smallest absolute Gasteiger partial charge is 0.328 e. The molecule has 0 saturated heterocycles. The number of carboxylic acid groups (broad SMARTS) is 1. The van der Waals surface area contributed by atoms with Gasteiger partial charge in [-0.3, -0.25) is 10.2 Å². The van der Waals surface area contributed by atoms with Gasteiger partial charge in [0.25, 0.3) is 0 Å². The predicted molar refractivity (Wildman–Crippen MR) is 88.1 cm³/mol. The summed E-state index contributed by atoms with van der Waals surface area (Å²) in [7, 11) is 1.66. The maximum Gasteiger partial charge on any atom is 0.328 e. The summed E-state index contributed by atoms with van der Waals surface area (Å²) in [6, 6.07) is -3.55. The first-order chi connectivity index (χ1) is 11.6. The highest BCUT2D eigenvalue weighted by molar-refractivity contribution is 5.83. The van der Waals surface area contributed by atoms with Crippen molar-refractivity contribution in [3.63, 3.8) is 0 Å². The number of carbonyl (C=O) groups excluding carboxylic acids is 2. The highest BCUT2D eigenvalue weighted by atomic mass is 16.4. The molecule has 10 N–H and O–H groups in total. The van der Waals surface area contributed by atoms with Crippen molar-refractivity contribution in [1.29, 1.82) is 0 Å². The van der Waals surface area contributed by atoms with Gasteiger partial charge < -0.3 is 37.4 Å². The Morgan fingerprint density at radius 1 is 1.24 bits per heavy atom. The summed E-state index contributed by atoms with van der Waals surface area (Å²) in [5.41, 5.74) is 13.7. The number of carboxylic acids is 1. The van der Waals surface area contributed by atoms with E-state index >= 15 is 0 Å². The normalized spacial score (nSPS) is 15.9. The van der Waals surface area contributed by atoms with Gasteiger partial charge in [0.05, 0.1) is 18.8 Å². The number of hydrazine groups is 1. The van der Waals surface area contributed by atoms with Crippen LogP contribution in [0.3, 0.4) is 0 Å². The van der Waals surface area contributed by atoms with E-state index in [9.17, 15) is 19.5 Å². The van der Waals surface area contributed by atoms with Crippen LogP contribution in [-0.4, -0.2) is 89.2 Å². The molecule has 0 bridgehead atoms. The molecular formula is C13H28N6O6. The van der Waals surface area contributed by atoms with E-state index in [0.717, 1.165) is 0 Å². The highest BCUT2D eigenvalue weighted by Crippen LogP contribution is 1.94. The number of aliphatic hydroxyl groups excluding tert-OH is 2. The Bertz CT molecular complexity index is 449. The maximum absolute atomic E-state index is 11.8. The number of aliphatic hydroxyl groups is 2. The minimum Gasteiger partial charge on any atom is -0.480 e. The molecule has 3 amide bonds. The van der Waals surface area contributed by atoms with Crippen LogP contribution in [0, 0.1) is 0 Å². The summed E-state index contributed by atoms with van der Waals surface area (Å²) in [6.07, 6.45) is -0.894. The van der Waals surface area contributed by atoms with E-state index in [0.29, 0.717) is 6.54 Å². The summed E-state index contributed by atoms with van der Waals surface area (Å²) in [4.78, 5) is 33.7. The van der Waals surface area contributed by atoms with E-state index in [1.54, 1.807) is 19.0 Å². The molecule has 0 aromatic heterocycles. The molecule has 0 spiro atoms. The Labute approximate surface area is 145 Å². The fraction of sp³-hybridized carbons (Fsp3) is 0.769. The number of nitrogens with one attached hydrogen (secondary N) is 3. The number of hydrogen-bond acceptors (Lipinski definition) is 8. The van der Waals surface area contributed by atoms with Crippen molar-refractivity contribution >= 4 is 17.9 Å². The van der Waals surface area contributed by atoms with Crippen molar-refractivity contribution in [3.05, 3.63) is 0 Å². The molecule has 2 unspecified atom stereocenters. The van der Waals surface area contributed by atoms with Crippen LogP contribution in [0.5, 0.6) is 0 Å². The van der Waals surface area contributed by atoms with Gasteiger partial charge in [-0.2, -0.15) is 0 Å². The van der Waals surface area contributed by atoms with E-state index < -0.39 is 48.7 Å². The van der Waals surface area contributed by atoms with Crippen LogP contribution < -0.4 is 27.5 Å². The van der Waals surface area contributed by atoms with Crippen LogP contribution >= 0.6 is 0 Å². The summed E-state index contributed by atoms with van der Waals surface area (Å²) in [6.45, 7) is 1.19. The van der Waals surface area contributed by atoms with Crippen LogP contribution in [0.1, 0.15) is 13.3 Å². The molecule has 4 atom stereocenters. The number of rotatable bonds is 12. The number of aliphatic carboxylic acids is 1. The van der Waals surface area contributed by atoms with E-state index in [2.05, 4.69) is 16.1 Å². The van der Waals surface area contributed by atoms with Crippen LogP contribution in [0.4, 0.5) is 4.79 Å². The molecule has 0 fully saturated rings. The number of nitrogens with zero attached hydrogens (tertiary/aromatic N) is 1. The molecule has 12 heteroatoms. The molecule has 0 aliphatic rings. The average molecular weight is 364 g/mol. The Hall–Kier alpha value is -1.99. The lowest BCUT2D eigenvalue weighted by molar-refractivity contribution is -0.140. The minimum absolute atomic E-state index is 0.107. The number of likely N-dealkylation sites (N-methyl/N-ethyl adjacent to an activating group) is 1. The zero-order valence-electron chi connectivity index (χ0n) is 14.3. The predicted octanol–water partition coefficient (Wildman–Crippen LogP) is -3.88. The first-order valence-electron chi connectivity index (χ1n) is 7.64. The number of primary amides is 1. The van der Waals surface area contributed by atoms with Crippen molar-refractivity contribution in [2.75, 3.05) is 26.7 Å². The molecule has 0 aliphatic heterocycles. The van der Waals surface area contributed by atoms with Gasteiger partial charge >= 0.3 is 12.0 Å². The molecule has 0 aromatic rings. The van der Waals surface area contributed by atoms with Gasteiger partial charge in [-0.25, -0.2) is 14.6 Å². The van der Waals surface area contributed by atoms with Gasteiger partial charge in [-0.05, 0) is 6.92 Å².